The van der Waals surface area contributed by atoms with Crippen molar-refractivity contribution in [3.05, 3.63) is 35.5 Å². The number of rotatable bonds is 5. The monoisotopic (exact) mass is 443 g/mol. The molecule has 1 aromatic carbocycles. The van der Waals surface area contributed by atoms with E-state index in [-0.39, 0.29) is 37.1 Å². The highest BCUT2D eigenvalue weighted by Gasteiger charge is 2.44. The summed E-state index contributed by atoms with van der Waals surface area (Å²) in [6.45, 7) is 2.59. The molecule has 32 heavy (non-hydrogen) atoms. The van der Waals surface area contributed by atoms with Crippen LogP contribution in [0.4, 0.5) is 10.5 Å². The number of aliphatic hydroxyl groups excluding tert-OH is 1. The highest BCUT2D eigenvalue weighted by atomic mass is 16.6. The van der Waals surface area contributed by atoms with Crippen molar-refractivity contribution in [2.75, 3.05) is 38.2 Å². The van der Waals surface area contributed by atoms with E-state index in [1.807, 2.05) is 0 Å². The number of β-amino-alcohol motifs (C(OH)–C–C–N with tert-alkyl or cyclic N) is 1. The number of ketones is 1. The number of amides is 3. The number of benzene rings is 1. The van der Waals surface area contributed by atoms with Crippen LogP contribution in [-0.2, 0) is 14.3 Å². The number of aliphatic hydroxyl groups is 1. The molecule has 10 nitrogen and oxygen atoms in total. The predicted molar refractivity (Wildman–Crippen MR) is 112 cm³/mol. The van der Waals surface area contributed by atoms with Crippen LogP contribution in [0.15, 0.2) is 30.0 Å². The van der Waals surface area contributed by atoms with Crippen LogP contribution in [-0.4, -0.2) is 77.0 Å². The molecular weight excluding hydrogens is 418 g/mol. The van der Waals surface area contributed by atoms with Crippen molar-refractivity contribution in [3.8, 4) is 5.75 Å². The number of likely N-dealkylation sites (tertiary alicyclic amines) is 1. The van der Waals surface area contributed by atoms with Gasteiger partial charge in [0.05, 0.1) is 31.7 Å². The number of nitrogens with zero attached hydrogens (tertiary/aromatic N) is 2. The number of carbonyl (C=O) groups excluding carboxylic acids is 4. The Labute approximate surface area is 184 Å². The molecule has 4 rings (SSSR count). The first-order valence-electron chi connectivity index (χ1n) is 10.6. The number of hydrogen-bond acceptors (Lipinski definition) is 8. The van der Waals surface area contributed by atoms with E-state index in [0.29, 0.717) is 49.5 Å². The van der Waals surface area contributed by atoms with Gasteiger partial charge in [0, 0.05) is 37.7 Å². The van der Waals surface area contributed by atoms with Crippen molar-refractivity contribution in [2.45, 2.75) is 31.8 Å². The molecule has 2 N–H and O–H groups in total. The van der Waals surface area contributed by atoms with Crippen molar-refractivity contribution in [1.82, 2.24) is 9.80 Å². The molecule has 1 aromatic rings. The zero-order valence-corrected chi connectivity index (χ0v) is 17.8. The number of ether oxygens (including phenoxy) is 2. The van der Waals surface area contributed by atoms with E-state index in [1.165, 1.54) is 6.08 Å². The summed E-state index contributed by atoms with van der Waals surface area (Å²) in [6, 6.07) is 4.94. The maximum atomic E-state index is 12.9. The lowest BCUT2D eigenvalue weighted by molar-refractivity contribution is -0.137. The van der Waals surface area contributed by atoms with Crippen LogP contribution in [0.5, 0.6) is 5.75 Å². The van der Waals surface area contributed by atoms with E-state index in [2.05, 4.69) is 5.32 Å². The third-order valence-electron chi connectivity index (χ3n) is 5.90. The normalized spacial score (nSPS) is 19.6. The average molecular weight is 443 g/mol. The number of nitrogens with one attached hydrogen (secondary N) is 1. The fourth-order valence-corrected chi connectivity index (χ4v) is 4.23. The minimum Gasteiger partial charge on any atom is -0.486 e. The molecule has 0 aromatic heterocycles. The molecule has 1 spiro atoms. The van der Waals surface area contributed by atoms with E-state index < -0.39 is 17.4 Å². The van der Waals surface area contributed by atoms with E-state index in [1.54, 1.807) is 30.0 Å². The van der Waals surface area contributed by atoms with Gasteiger partial charge < -0.3 is 24.8 Å². The Kier molecular flexibility index (Phi) is 5.88. The molecular formula is C22H25N3O7. The second-order valence-electron chi connectivity index (χ2n) is 7.98. The van der Waals surface area contributed by atoms with Crippen LogP contribution in [0, 0.1) is 0 Å². The van der Waals surface area contributed by atoms with E-state index in [4.69, 9.17) is 14.6 Å². The Morgan fingerprint density at radius 1 is 1.25 bits per heavy atom. The Bertz CT molecular complexity index is 995. The molecule has 0 radical (unpaired) electrons. The molecule has 3 heterocycles. The van der Waals surface area contributed by atoms with Gasteiger partial charge in [-0.25, -0.2) is 4.79 Å². The number of fused-ring (bicyclic) bond motifs is 1. The Balaban J connectivity index is 1.45. The van der Waals surface area contributed by atoms with Gasteiger partial charge in [0.2, 0.25) is 0 Å². The largest absolute Gasteiger partial charge is 0.486 e. The third-order valence-corrected chi connectivity index (χ3v) is 5.90. The quantitative estimate of drug-likeness (QED) is 0.653. The first-order chi connectivity index (χ1) is 15.4. The molecule has 0 atom stereocenters. The SMILES string of the molecule is CCOC(=O)N1CCC2(CC1)CC(=O)c1cc(NC3=CC(=O)N(CCO)C3=O)ccc1O2. The number of imide groups is 1. The summed E-state index contributed by atoms with van der Waals surface area (Å²) in [7, 11) is 0. The summed E-state index contributed by atoms with van der Waals surface area (Å²) < 4.78 is 11.3. The maximum absolute atomic E-state index is 12.9. The lowest BCUT2D eigenvalue weighted by Gasteiger charge is -2.43. The highest BCUT2D eigenvalue weighted by Crippen LogP contribution is 2.40. The van der Waals surface area contributed by atoms with Gasteiger partial charge in [-0.3, -0.25) is 19.3 Å². The number of anilines is 1. The first kappa shape index (κ1) is 21.8. The Morgan fingerprint density at radius 3 is 2.69 bits per heavy atom. The highest BCUT2D eigenvalue weighted by molar-refractivity contribution is 6.17. The zero-order chi connectivity index (χ0) is 22.9. The fourth-order valence-electron chi connectivity index (χ4n) is 4.23. The standard InChI is InChI=1S/C22H25N3O7/c1-2-31-21(30)24-7-5-22(6-8-24)13-17(27)15-11-14(3-4-18(15)32-22)23-16-12-19(28)25(9-10-26)20(16)29/h3-4,11-12,23,26H,2,5-10,13H2,1H3. The Hall–Kier alpha value is -3.40. The van der Waals surface area contributed by atoms with Gasteiger partial charge in [0.15, 0.2) is 5.78 Å². The van der Waals surface area contributed by atoms with Gasteiger partial charge in [0.1, 0.15) is 17.0 Å². The van der Waals surface area contributed by atoms with Gasteiger partial charge in [-0.2, -0.15) is 0 Å². The molecule has 3 aliphatic rings. The van der Waals surface area contributed by atoms with Gasteiger partial charge in [0.25, 0.3) is 11.8 Å². The maximum Gasteiger partial charge on any atom is 0.409 e. The molecule has 3 aliphatic heterocycles. The van der Waals surface area contributed by atoms with Crippen LogP contribution in [0.25, 0.3) is 0 Å². The van der Waals surface area contributed by atoms with Crippen LogP contribution < -0.4 is 10.1 Å². The molecule has 1 fully saturated rings. The van der Waals surface area contributed by atoms with Crippen LogP contribution in [0.1, 0.15) is 36.5 Å². The molecule has 1 saturated heterocycles. The van der Waals surface area contributed by atoms with Crippen molar-refractivity contribution in [3.63, 3.8) is 0 Å². The molecule has 170 valence electrons. The van der Waals surface area contributed by atoms with Crippen LogP contribution in [0.2, 0.25) is 0 Å². The summed E-state index contributed by atoms with van der Waals surface area (Å²) in [5.41, 5.74) is 0.309. The van der Waals surface area contributed by atoms with Crippen molar-refractivity contribution >= 4 is 29.4 Å². The molecule has 0 saturated carbocycles. The average Bonchev–Trinajstić information content (AvgIpc) is 3.02. The summed E-state index contributed by atoms with van der Waals surface area (Å²) in [4.78, 5) is 51.7. The summed E-state index contributed by atoms with van der Waals surface area (Å²) in [5.74, 6) is -0.651. The Morgan fingerprint density at radius 2 is 2.00 bits per heavy atom. The summed E-state index contributed by atoms with van der Waals surface area (Å²) in [5, 5.41) is 11.9. The zero-order valence-electron chi connectivity index (χ0n) is 17.8. The fraction of sp³-hybridized carbons (Fsp3) is 0.455. The number of piperidine rings is 1. The second kappa shape index (κ2) is 8.62. The lowest BCUT2D eigenvalue weighted by Crippen LogP contribution is -2.52. The van der Waals surface area contributed by atoms with Gasteiger partial charge in [-0.05, 0) is 25.1 Å². The van der Waals surface area contributed by atoms with Gasteiger partial charge >= 0.3 is 6.09 Å². The molecule has 3 amide bonds. The van der Waals surface area contributed by atoms with Crippen LogP contribution in [0.3, 0.4) is 0 Å². The minimum atomic E-state index is -0.650. The topological polar surface area (TPSA) is 125 Å². The van der Waals surface area contributed by atoms with Crippen molar-refractivity contribution in [1.29, 1.82) is 0 Å². The number of carbonyl (C=O) groups is 4. The minimum absolute atomic E-state index is 0.0778. The van der Waals surface area contributed by atoms with Crippen LogP contribution >= 0.6 is 0 Å². The number of Topliss-reactive ketones (excluding diaryl/α,β-unsaturated/α-hetero) is 1. The van der Waals surface area contributed by atoms with Gasteiger partial charge in [-0.1, -0.05) is 0 Å². The van der Waals surface area contributed by atoms with Crippen molar-refractivity contribution < 1.29 is 33.8 Å². The molecule has 0 unspecified atom stereocenters. The summed E-state index contributed by atoms with van der Waals surface area (Å²) >= 11 is 0. The molecule has 10 heteroatoms. The van der Waals surface area contributed by atoms with E-state index in [9.17, 15) is 19.2 Å². The lowest BCUT2D eigenvalue weighted by atomic mass is 9.82. The van der Waals surface area contributed by atoms with Crippen molar-refractivity contribution in [2.24, 2.45) is 0 Å². The smallest absolute Gasteiger partial charge is 0.409 e. The third kappa shape index (κ3) is 4.05. The van der Waals surface area contributed by atoms with E-state index in [0.717, 1.165) is 4.90 Å². The van der Waals surface area contributed by atoms with E-state index >= 15 is 0 Å². The second-order valence-corrected chi connectivity index (χ2v) is 7.98. The molecule has 0 bridgehead atoms. The predicted octanol–water partition coefficient (Wildman–Crippen LogP) is 1.30. The molecule has 0 aliphatic carbocycles. The van der Waals surface area contributed by atoms with Gasteiger partial charge in [-0.15, -0.1) is 0 Å². The number of hydrogen-bond donors (Lipinski definition) is 2. The first-order valence-corrected chi connectivity index (χ1v) is 10.6. The summed E-state index contributed by atoms with van der Waals surface area (Å²) in [6.07, 6.45) is 2.07.